The average molecular weight is 437 g/mol. The second-order valence-electron chi connectivity index (χ2n) is 7.85. The van der Waals surface area contributed by atoms with Gasteiger partial charge in [0.1, 0.15) is 23.0 Å². The van der Waals surface area contributed by atoms with Crippen LogP contribution in [0.2, 0.25) is 5.02 Å². The summed E-state index contributed by atoms with van der Waals surface area (Å²) in [6.45, 7) is 2.67. The molecule has 30 heavy (non-hydrogen) atoms. The fraction of sp³-hybridized carbons (Fsp3) is 0.250. The van der Waals surface area contributed by atoms with Gasteiger partial charge < -0.3 is 9.72 Å². The van der Waals surface area contributed by atoms with Crippen molar-refractivity contribution >= 4 is 33.2 Å². The summed E-state index contributed by atoms with van der Waals surface area (Å²) >= 11 is 7.85. The van der Waals surface area contributed by atoms with Crippen molar-refractivity contribution in [2.24, 2.45) is 5.92 Å². The Balaban J connectivity index is 1.40. The number of ether oxygens (including phenoxy) is 1. The monoisotopic (exact) mass is 436 g/mol. The molecule has 1 aliphatic carbocycles. The van der Waals surface area contributed by atoms with Crippen LogP contribution in [0.4, 0.5) is 0 Å². The van der Waals surface area contributed by atoms with Gasteiger partial charge in [-0.2, -0.15) is 0 Å². The summed E-state index contributed by atoms with van der Waals surface area (Å²) < 4.78 is 5.85. The quantitative estimate of drug-likeness (QED) is 0.426. The molecule has 1 unspecified atom stereocenters. The number of nitrogens with zero attached hydrogens (tertiary/aromatic N) is 1. The number of H-pyrrole nitrogens is 1. The van der Waals surface area contributed by atoms with E-state index in [1.54, 1.807) is 11.3 Å². The Labute approximate surface area is 183 Å². The zero-order chi connectivity index (χ0) is 20.7. The zero-order valence-corrected chi connectivity index (χ0v) is 18.1. The first-order chi connectivity index (χ1) is 14.6. The Bertz CT molecular complexity index is 1280. The first-order valence-electron chi connectivity index (χ1n) is 10.1. The highest BCUT2D eigenvalue weighted by Gasteiger charge is 2.23. The molecule has 0 saturated carbocycles. The van der Waals surface area contributed by atoms with Crippen molar-refractivity contribution in [2.45, 2.75) is 32.8 Å². The number of thiophene rings is 1. The first-order valence-corrected chi connectivity index (χ1v) is 11.3. The fourth-order valence-electron chi connectivity index (χ4n) is 3.97. The van der Waals surface area contributed by atoms with Crippen LogP contribution in [0.15, 0.2) is 53.3 Å². The topological polar surface area (TPSA) is 55.0 Å². The van der Waals surface area contributed by atoms with Gasteiger partial charge in [0.05, 0.1) is 5.39 Å². The number of benzene rings is 2. The van der Waals surface area contributed by atoms with Gasteiger partial charge in [-0.25, -0.2) is 4.98 Å². The third-order valence-corrected chi connectivity index (χ3v) is 7.16. The number of rotatable bonds is 4. The number of hydrogen-bond donors (Lipinski definition) is 1. The largest absolute Gasteiger partial charge is 0.489 e. The lowest BCUT2D eigenvalue weighted by Crippen LogP contribution is -2.13. The standard InChI is InChI=1S/C24H21ClN2O2S/c1-14-6-11-18-20(12-14)30-24-21(18)23(28)26-22(27-24)15-7-9-17(10-8-15)29-13-16-4-2-3-5-19(16)25/h2-5,7-10,14H,6,11-13H2,1H3,(H,26,27,28). The van der Waals surface area contributed by atoms with Crippen LogP contribution in [0.5, 0.6) is 5.75 Å². The molecule has 2 aromatic heterocycles. The summed E-state index contributed by atoms with van der Waals surface area (Å²) in [4.78, 5) is 22.7. The van der Waals surface area contributed by atoms with Crippen LogP contribution in [-0.4, -0.2) is 9.97 Å². The van der Waals surface area contributed by atoms with Crippen molar-refractivity contribution in [1.82, 2.24) is 9.97 Å². The Hall–Kier alpha value is -2.63. The number of aryl methyl sites for hydroxylation is 1. The van der Waals surface area contributed by atoms with E-state index in [9.17, 15) is 4.79 Å². The molecule has 4 aromatic rings. The Kier molecular flexibility index (Phi) is 5.09. The molecule has 1 N–H and O–H groups in total. The second-order valence-corrected chi connectivity index (χ2v) is 9.34. The SMILES string of the molecule is CC1CCc2c(sc3nc(-c4ccc(OCc5ccccc5Cl)cc4)[nH]c(=O)c23)C1. The highest BCUT2D eigenvalue weighted by atomic mass is 35.5. The number of halogens is 1. The summed E-state index contributed by atoms with van der Waals surface area (Å²) in [6.07, 6.45) is 3.15. The highest BCUT2D eigenvalue weighted by molar-refractivity contribution is 7.18. The lowest BCUT2D eigenvalue weighted by molar-refractivity contribution is 0.306. The summed E-state index contributed by atoms with van der Waals surface area (Å²) in [5.74, 6) is 2.00. The van der Waals surface area contributed by atoms with E-state index >= 15 is 0 Å². The Morgan fingerprint density at radius 1 is 1.20 bits per heavy atom. The van der Waals surface area contributed by atoms with Crippen molar-refractivity contribution in [2.75, 3.05) is 0 Å². The molecule has 152 valence electrons. The third-order valence-electron chi connectivity index (χ3n) is 5.65. The fourth-order valence-corrected chi connectivity index (χ4v) is 5.54. The van der Waals surface area contributed by atoms with E-state index in [0.717, 1.165) is 46.4 Å². The van der Waals surface area contributed by atoms with Crippen LogP contribution in [0.1, 0.15) is 29.3 Å². The molecule has 1 atom stereocenters. The number of aromatic amines is 1. The summed E-state index contributed by atoms with van der Waals surface area (Å²) in [6, 6.07) is 15.2. The Morgan fingerprint density at radius 3 is 2.80 bits per heavy atom. The van der Waals surface area contributed by atoms with Crippen molar-refractivity contribution in [1.29, 1.82) is 0 Å². The number of nitrogens with one attached hydrogen (secondary N) is 1. The van der Waals surface area contributed by atoms with Crippen LogP contribution >= 0.6 is 22.9 Å². The summed E-state index contributed by atoms with van der Waals surface area (Å²) in [5.41, 5.74) is 2.97. The number of hydrogen-bond acceptors (Lipinski definition) is 4. The molecular weight excluding hydrogens is 416 g/mol. The lowest BCUT2D eigenvalue weighted by Gasteiger charge is -2.17. The zero-order valence-electron chi connectivity index (χ0n) is 16.6. The van der Waals surface area contributed by atoms with Gasteiger partial charge in [-0.1, -0.05) is 36.7 Å². The molecule has 1 aliphatic rings. The molecule has 0 spiro atoms. The van der Waals surface area contributed by atoms with Crippen molar-refractivity contribution in [3.05, 3.63) is 79.9 Å². The van der Waals surface area contributed by atoms with Crippen molar-refractivity contribution in [3.8, 4) is 17.1 Å². The van der Waals surface area contributed by atoms with Gasteiger partial charge in [0.15, 0.2) is 0 Å². The molecule has 0 fully saturated rings. The second kappa shape index (κ2) is 7.89. The van der Waals surface area contributed by atoms with Crippen molar-refractivity contribution < 1.29 is 4.74 Å². The maximum atomic E-state index is 12.8. The van der Waals surface area contributed by atoms with E-state index < -0.39 is 0 Å². The predicted molar refractivity (Wildman–Crippen MR) is 123 cm³/mol. The molecule has 0 aliphatic heterocycles. The van der Waals surface area contributed by atoms with Crippen LogP contribution in [-0.2, 0) is 19.4 Å². The minimum Gasteiger partial charge on any atom is -0.489 e. The summed E-state index contributed by atoms with van der Waals surface area (Å²) in [7, 11) is 0. The minimum absolute atomic E-state index is 0.0406. The normalized spacial score (nSPS) is 15.9. The van der Waals surface area contributed by atoms with E-state index in [4.69, 9.17) is 21.3 Å². The molecular formula is C24H21ClN2O2S. The van der Waals surface area contributed by atoms with Gasteiger partial charge in [-0.05, 0) is 61.1 Å². The van der Waals surface area contributed by atoms with Crippen LogP contribution < -0.4 is 10.3 Å². The van der Waals surface area contributed by atoms with Gasteiger partial charge in [0, 0.05) is 21.0 Å². The van der Waals surface area contributed by atoms with E-state index in [0.29, 0.717) is 23.4 Å². The highest BCUT2D eigenvalue weighted by Crippen LogP contribution is 2.36. The Morgan fingerprint density at radius 2 is 2.00 bits per heavy atom. The average Bonchev–Trinajstić information content (AvgIpc) is 3.11. The maximum Gasteiger partial charge on any atom is 0.260 e. The molecule has 0 bridgehead atoms. The molecule has 4 nitrogen and oxygen atoms in total. The molecule has 2 heterocycles. The summed E-state index contributed by atoms with van der Waals surface area (Å²) in [5, 5.41) is 1.47. The van der Waals surface area contributed by atoms with E-state index in [1.807, 2.05) is 48.5 Å². The van der Waals surface area contributed by atoms with Gasteiger partial charge >= 0.3 is 0 Å². The van der Waals surface area contributed by atoms with Crippen LogP contribution in [0.25, 0.3) is 21.6 Å². The molecule has 2 aromatic carbocycles. The predicted octanol–water partition coefficient (Wildman–Crippen LogP) is 6.01. The minimum atomic E-state index is -0.0406. The number of fused-ring (bicyclic) bond motifs is 3. The molecule has 5 rings (SSSR count). The van der Waals surface area contributed by atoms with Crippen LogP contribution in [0, 0.1) is 5.92 Å². The lowest BCUT2D eigenvalue weighted by atomic mass is 9.89. The van der Waals surface area contributed by atoms with E-state index in [2.05, 4.69) is 11.9 Å². The molecule has 0 saturated heterocycles. The van der Waals surface area contributed by atoms with E-state index in [-0.39, 0.29) is 5.56 Å². The van der Waals surface area contributed by atoms with Crippen LogP contribution in [0.3, 0.4) is 0 Å². The van der Waals surface area contributed by atoms with Gasteiger partial charge in [-0.15, -0.1) is 11.3 Å². The molecule has 0 amide bonds. The smallest absolute Gasteiger partial charge is 0.260 e. The maximum absolute atomic E-state index is 12.8. The third kappa shape index (κ3) is 3.64. The number of aromatic nitrogens is 2. The van der Waals surface area contributed by atoms with Gasteiger partial charge in [0.25, 0.3) is 5.56 Å². The molecule has 0 radical (unpaired) electrons. The van der Waals surface area contributed by atoms with Gasteiger partial charge in [-0.3, -0.25) is 4.79 Å². The van der Waals surface area contributed by atoms with Gasteiger partial charge in [0.2, 0.25) is 0 Å². The van der Waals surface area contributed by atoms with E-state index in [1.165, 1.54) is 10.4 Å². The first kappa shape index (κ1) is 19.3. The molecule has 6 heteroatoms. The van der Waals surface area contributed by atoms with Crippen molar-refractivity contribution in [3.63, 3.8) is 0 Å².